The first-order chi connectivity index (χ1) is 11.6. The summed E-state index contributed by atoms with van der Waals surface area (Å²) in [4.78, 5) is -0.363. The lowest BCUT2D eigenvalue weighted by Gasteiger charge is -2.33. The Kier molecular flexibility index (Phi) is 6.04. The minimum absolute atomic E-state index is 0.143. The summed E-state index contributed by atoms with van der Waals surface area (Å²) >= 11 is 41.6. The summed E-state index contributed by atoms with van der Waals surface area (Å²) in [5.41, 5.74) is 1.83. The van der Waals surface area contributed by atoms with Crippen LogP contribution in [-0.2, 0) is 0 Å². The van der Waals surface area contributed by atoms with Crippen LogP contribution in [0.25, 0.3) is 0 Å². The third-order valence-corrected chi connectivity index (χ3v) is 32.9. The van der Waals surface area contributed by atoms with Gasteiger partial charge in [0, 0.05) is 15.9 Å². The Balaban J connectivity index is 2.25. The molecule has 0 radical (unpaired) electrons. The van der Waals surface area contributed by atoms with Crippen LogP contribution in [0.5, 0.6) is 0 Å². The Labute approximate surface area is 179 Å². The second kappa shape index (κ2) is 7.34. The highest BCUT2D eigenvalue weighted by Gasteiger charge is 2.74. The first-order valence-electron chi connectivity index (χ1n) is 7.81. The highest BCUT2D eigenvalue weighted by atomic mass is 35.7. The van der Waals surface area contributed by atoms with Crippen molar-refractivity contribution in [1.82, 2.24) is 0 Å². The van der Waals surface area contributed by atoms with Gasteiger partial charge in [-0.25, -0.2) is 0 Å². The normalized spacial score (nSPS) is 25.9. The predicted octanol–water partition coefficient (Wildman–Crippen LogP) is 7.48. The SMILES string of the molecule is C[Si](Cl)(Cl)C1[Si](Cl)(Cl)[C@@H](c2ccccc2)[C@H](c2ccccc2)[Si]1(Cl)Cl. The van der Waals surface area contributed by atoms with Gasteiger partial charge in [-0.15, -0.1) is 66.5 Å². The second-order valence-corrected chi connectivity index (χ2v) is 29.8. The summed E-state index contributed by atoms with van der Waals surface area (Å²) < 4.78 is 0. The van der Waals surface area contributed by atoms with Crippen molar-refractivity contribution in [3.05, 3.63) is 71.8 Å². The average molecular weight is 505 g/mol. The van der Waals surface area contributed by atoms with Gasteiger partial charge in [0.1, 0.15) is 0 Å². The first kappa shape index (κ1) is 20.6. The molecule has 9 heteroatoms. The summed E-state index contributed by atoms with van der Waals surface area (Å²) in [6.07, 6.45) is 0. The maximum atomic E-state index is 7.08. The quantitative estimate of drug-likeness (QED) is 0.300. The van der Waals surface area contributed by atoms with Crippen LogP contribution >= 0.6 is 66.5 Å². The highest BCUT2D eigenvalue weighted by Crippen LogP contribution is 2.69. The van der Waals surface area contributed by atoms with E-state index < -0.39 is 20.1 Å². The number of benzene rings is 2. The molecule has 0 N–H and O–H groups in total. The van der Waals surface area contributed by atoms with Crippen molar-refractivity contribution in [2.24, 2.45) is 0 Å². The summed E-state index contributed by atoms with van der Waals surface area (Å²) in [7, 11) is 0. The third-order valence-electron chi connectivity index (χ3n) is 4.76. The molecule has 134 valence electrons. The van der Waals surface area contributed by atoms with Crippen LogP contribution < -0.4 is 0 Å². The van der Waals surface area contributed by atoms with Gasteiger partial charge in [-0.05, 0) is 17.7 Å². The highest BCUT2D eigenvalue weighted by molar-refractivity contribution is 7.70. The lowest BCUT2D eigenvalue weighted by Crippen LogP contribution is -2.47. The molecule has 0 nitrogen and oxygen atoms in total. The minimum Gasteiger partial charge on any atom is -0.146 e. The molecule has 2 aromatic rings. The van der Waals surface area contributed by atoms with Gasteiger partial charge >= 0.3 is 0 Å². The van der Waals surface area contributed by atoms with E-state index in [-0.39, 0.29) is 15.9 Å². The van der Waals surface area contributed by atoms with Gasteiger partial charge < -0.3 is 0 Å². The number of hydrogen-bond acceptors (Lipinski definition) is 0. The van der Waals surface area contributed by atoms with Gasteiger partial charge in [0.2, 0.25) is 0 Å². The minimum atomic E-state index is -3.02. The van der Waals surface area contributed by atoms with Crippen molar-refractivity contribution in [3.8, 4) is 0 Å². The summed E-state index contributed by atoms with van der Waals surface area (Å²) in [5, 5.41) is 0. The van der Waals surface area contributed by atoms with Crippen LogP contribution in [0, 0.1) is 0 Å². The molecule has 3 rings (SSSR count). The van der Waals surface area contributed by atoms with Crippen LogP contribution in [0.15, 0.2) is 60.7 Å². The zero-order valence-corrected chi connectivity index (χ0v) is 20.8. The third kappa shape index (κ3) is 3.74. The maximum absolute atomic E-state index is 7.08. The molecular formula is C16H16Cl6Si3. The number of hydrogen-bond donors (Lipinski definition) is 0. The largest absolute Gasteiger partial charge is 0.261 e. The molecule has 0 spiro atoms. The fourth-order valence-electron chi connectivity index (χ4n) is 3.89. The lowest BCUT2D eigenvalue weighted by atomic mass is 10.0. The van der Waals surface area contributed by atoms with Gasteiger partial charge in [-0.1, -0.05) is 60.7 Å². The molecule has 0 bridgehead atoms. The molecule has 2 atom stereocenters. The Bertz CT molecular complexity index is 675. The molecule has 0 unspecified atom stereocenters. The molecule has 25 heavy (non-hydrogen) atoms. The predicted molar refractivity (Wildman–Crippen MR) is 120 cm³/mol. The van der Waals surface area contributed by atoms with E-state index in [1.54, 1.807) is 0 Å². The fourth-order valence-corrected chi connectivity index (χ4v) is 48.9. The maximum Gasteiger partial charge on any atom is 0.261 e. The van der Waals surface area contributed by atoms with Crippen molar-refractivity contribution < 1.29 is 0 Å². The number of halogens is 6. The van der Waals surface area contributed by atoms with E-state index in [0.29, 0.717) is 0 Å². The second-order valence-electron chi connectivity index (χ2n) is 6.52. The molecule has 0 amide bonds. The van der Waals surface area contributed by atoms with Crippen molar-refractivity contribution in [1.29, 1.82) is 0 Å². The van der Waals surface area contributed by atoms with E-state index in [1.165, 1.54) is 0 Å². The molecule has 1 aliphatic heterocycles. The topological polar surface area (TPSA) is 0 Å². The molecule has 0 aromatic heterocycles. The van der Waals surface area contributed by atoms with Crippen LogP contribution in [0.3, 0.4) is 0 Å². The summed E-state index contributed by atoms with van der Waals surface area (Å²) in [6, 6.07) is 20.0. The standard InChI is InChI=1S/C16H16Cl6Si3/c1-23(17,18)16-24(19,20)14(12-8-4-2-5-9-12)15(25(16,21)22)13-10-6-3-7-11-13/h2-11,14-16H,1H3/t14-,15-/m0/s1. The molecule has 0 saturated carbocycles. The van der Waals surface area contributed by atoms with Crippen molar-refractivity contribution in [2.75, 3.05) is 0 Å². The van der Waals surface area contributed by atoms with Crippen molar-refractivity contribution in [2.45, 2.75) is 22.4 Å². The Morgan fingerprint density at radius 2 is 1.00 bits per heavy atom. The molecule has 1 heterocycles. The lowest BCUT2D eigenvalue weighted by molar-refractivity contribution is 0.866. The zero-order chi connectivity index (χ0) is 18.5. The van der Waals surface area contributed by atoms with E-state index in [1.807, 2.05) is 67.2 Å². The van der Waals surface area contributed by atoms with Crippen LogP contribution in [-0.4, -0.2) is 20.1 Å². The van der Waals surface area contributed by atoms with E-state index >= 15 is 0 Å². The molecule has 1 aliphatic rings. The molecule has 2 aromatic carbocycles. The van der Waals surface area contributed by atoms with Gasteiger partial charge in [0.05, 0.1) is 0 Å². The monoisotopic (exact) mass is 502 g/mol. The van der Waals surface area contributed by atoms with Crippen molar-refractivity contribution in [3.63, 3.8) is 0 Å². The van der Waals surface area contributed by atoms with Gasteiger partial charge in [0.15, 0.2) is 0 Å². The van der Waals surface area contributed by atoms with Crippen LogP contribution in [0.2, 0.25) is 11.3 Å². The zero-order valence-electron chi connectivity index (χ0n) is 13.3. The van der Waals surface area contributed by atoms with E-state index in [2.05, 4.69) is 0 Å². The Morgan fingerprint density at radius 1 is 0.680 bits per heavy atom. The number of rotatable bonds is 3. The van der Waals surface area contributed by atoms with Crippen LogP contribution in [0.4, 0.5) is 0 Å². The van der Waals surface area contributed by atoms with E-state index in [0.717, 1.165) is 11.1 Å². The Morgan fingerprint density at radius 3 is 1.28 bits per heavy atom. The van der Waals surface area contributed by atoms with Gasteiger partial charge in [-0.2, -0.15) is 0 Å². The van der Waals surface area contributed by atoms with Crippen LogP contribution in [0.1, 0.15) is 22.2 Å². The molecular weight excluding hydrogens is 489 g/mol. The first-order valence-corrected chi connectivity index (χ1v) is 20.8. The summed E-state index contributed by atoms with van der Waals surface area (Å²) in [6.45, 7) is -7.01. The van der Waals surface area contributed by atoms with E-state index in [4.69, 9.17) is 66.5 Å². The fraction of sp³-hybridized carbons (Fsp3) is 0.250. The van der Waals surface area contributed by atoms with Gasteiger partial charge in [-0.3, -0.25) is 0 Å². The average Bonchev–Trinajstić information content (AvgIpc) is 2.69. The smallest absolute Gasteiger partial charge is 0.146 e. The molecule has 1 saturated heterocycles. The van der Waals surface area contributed by atoms with Crippen molar-refractivity contribution >= 4 is 86.6 Å². The Hall–Kier alpha value is 0.831. The van der Waals surface area contributed by atoms with E-state index in [9.17, 15) is 0 Å². The summed E-state index contributed by atoms with van der Waals surface area (Å²) in [5.74, 6) is 0. The van der Waals surface area contributed by atoms with Gasteiger partial charge in [0.25, 0.3) is 20.1 Å². The molecule has 0 aliphatic carbocycles. The molecule has 1 fully saturated rings.